The minimum absolute atomic E-state index is 0.182. The van der Waals surface area contributed by atoms with Gasteiger partial charge in [0, 0.05) is 32.1 Å². The van der Waals surface area contributed by atoms with Gasteiger partial charge in [-0.2, -0.15) is 0 Å². The van der Waals surface area contributed by atoms with Crippen LogP contribution in [0.25, 0.3) is 0 Å². The van der Waals surface area contributed by atoms with Crippen molar-refractivity contribution in [2.75, 3.05) is 44.5 Å². The number of nitrogens with one attached hydrogen (secondary N) is 2. The Labute approximate surface area is 136 Å². The third kappa shape index (κ3) is 7.51. The van der Waals surface area contributed by atoms with Crippen molar-refractivity contribution < 1.29 is 19.1 Å². The van der Waals surface area contributed by atoms with E-state index in [1.54, 1.807) is 36.2 Å². The standard InChI is InChI=1S/C16H25N3O4/c1-4-5-9-19(2)15(20)17-13-7-6-8-14(12-13)18-16(21)23-11-10-22-3/h6-8,12H,4-5,9-11H2,1-3H3,(H,17,20)(H,18,21). The first-order chi connectivity index (χ1) is 11.1. The van der Waals surface area contributed by atoms with Crippen LogP contribution in [0, 0.1) is 0 Å². The molecule has 0 spiro atoms. The number of hydrogen-bond acceptors (Lipinski definition) is 4. The number of ether oxygens (including phenoxy) is 2. The Morgan fingerprint density at radius 2 is 1.87 bits per heavy atom. The van der Waals surface area contributed by atoms with Crippen molar-refractivity contribution in [3.8, 4) is 0 Å². The van der Waals surface area contributed by atoms with Gasteiger partial charge in [0.2, 0.25) is 0 Å². The average Bonchev–Trinajstić information content (AvgIpc) is 2.53. The SMILES string of the molecule is CCCCN(C)C(=O)Nc1cccc(NC(=O)OCCOC)c1. The van der Waals surface area contributed by atoms with Gasteiger partial charge in [-0.15, -0.1) is 0 Å². The maximum absolute atomic E-state index is 12.0. The molecule has 0 aliphatic rings. The molecule has 1 aromatic carbocycles. The van der Waals surface area contributed by atoms with Gasteiger partial charge in [0.25, 0.3) is 0 Å². The number of methoxy groups -OCH3 is 1. The summed E-state index contributed by atoms with van der Waals surface area (Å²) in [5, 5.41) is 5.39. The lowest BCUT2D eigenvalue weighted by Gasteiger charge is -2.17. The number of urea groups is 1. The molecule has 0 aliphatic heterocycles. The summed E-state index contributed by atoms with van der Waals surface area (Å²) in [5.74, 6) is 0. The zero-order chi connectivity index (χ0) is 17.1. The van der Waals surface area contributed by atoms with Crippen LogP contribution in [0.2, 0.25) is 0 Å². The number of unbranched alkanes of at least 4 members (excludes halogenated alkanes) is 1. The minimum atomic E-state index is -0.564. The Morgan fingerprint density at radius 1 is 1.17 bits per heavy atom. The molecule has 0 saturated carbocycles. The molecule has 3 amide bonds. The van der Waals surface area contributed by atoms with E-state index in [1.165, 1.54) is 7.11 Å². The van der Waals surface area contributed by atoms with Crippen LogP contribution in [0.15, 0.2) is 24.3 Å². The van der Waals surface area contributed by atoms with Gasteiger partial charge in [0.05, 0.1) is 6.61 Å². The van der Waals surface area contributed by atoms with Crippen LogP contribution in [-0.4, -0.2) is 50.9 Å². The van der Waals surface area contributed by atoms with E-state index in [4.69, 9.17) is 9.47 Å². The van der Waals surface area contributed by atoms with Crippen LogP contribution < -0.4 is 10.6 Å². The third-order valence-corrected chi connectivity index (χ3v) is 3.07. The van der Waals surface area contributed by atoms with E-state index in [9.17, 15) is 9.59 Å². The normalized spacial score (nSPS) is 10.0. The molecule has 7 nitrogen and oxygen atoms in total. The van der Waals surface area contributed by atoms with Crippen molar-refractivity contribution in [2.45, 2.75) is 19.8 Å². The van der Waals surface area contributed by atoms with Gasteiger partial charge in [-0.05, 0) is 24.6 Å². The molecule has 0 aliphatic carbocycles. The van der Waals surface area contributed by atoms with E-state index in [0.717, 1.165) is 12.8 Å². The van der Waals surface area contributed by atoms with Crippen molar-refractivity contribution in [1.82, 2.24) is 4.90 Å². The first kappa shape index (κ1) is 18.8. The molecule has 0 bridgehead atoms. The molecular weight excluding hydrogens is 298 g/mol. The minimum Gasteiger partial charge on any atom is -0.447 e. The highest BCUT2D eigenvalue weighted by Gasteiger charge is 2.09. The molecule has 128 valence electrons. The van der Waals surface area contributed by atoms with Crippen molar-refractivity contribution in [2.24, 2.45) is 0 Å². The molecule has 0 heterocycles. The Balaban J connectivity index is 2.52. The van der Waals surface area contributed by atoms with Crippen LogP contribution in [0.4, 0.5) is 21.0 Å². The van der Waals surface area contributed by atoms with Gasteiger partial charge in [-0.25, -0.2) is 9.59 Å². The zero-order valence-electron chi connectivity index (χ0n) is 13.9. The summed E-state index contributed by atoms with van der Waals surface area (Å²) >= 11 is 0. The molecule has 1 aromatic rings. The lowest BCUT2D eigenvalue weighted by molar-refractivity contribution is 0.107. The van der Waals surface area contributed by atoms with Crippen LogP contribution in [-0.2, 0) is 9.47 Å². The number of rotatable bonds is 8. The molecule has 0 fully saturated rings. The molecule has 0 radical (unpaired) electrons. The third-order valence-electron chi connectivity index (χ3n) is 3.07. The second kappa shape index (κ2) is 10.4. The summed E-state index contributed by atoms with van der Waals surface area (Å²) in [7, 11) is 3.28. The maximum atomic E-state index is 12.0. The van der Waals surface area contributed by atoms with Gasteiger partial charge < -0.3 is 19.7 Å². The van der Waals surface area contributed by atoms with Crippen molar-refractivity contribution in [3.05, 3.63) is 24.3 Å². The highest BCUT2D eigenvalue weighted by molar-refractivity contribution is 5.91. The monoisotopic (exact) mass is 323 g/mol. The number of carbonyl (C=O) groups excluding carboxylic acids is 2. The first-order valence-electron chi connectivity index (χ1n) is 7.61. The number of benzene rings is 1. The van der Waals surface area contributed by atoms with Crippen molar-refractivity contribution >= 4 is 23.5 Å². The molecule has 23 heavy (non-hydrogen) atoms. The lowest BCUT2D eigenvalue weighted by atomic mass is 10.3. The van der Waals surface area contributed by atoms with Crippen LogP contribution in [0.3, 0.4) is 0 Å². The molecule has 7 heteroatoms. The number of hydrogen-bond donors (Lipinski definition) is 2. The Kier molecular flexibility index (Phi) is 8.52. The molecular formula is C16H25N3O4. The molecule has 0 aromatic heterocycles. The van der Waals surface area contributed by atoms with Crippen LogP contribution in [0.5, 0.6) is 0 Å². The Bertz CT molecular complexity index is 508. The summed E-state index contributed by atoms with van der Waals surface area (Å²) < 4.78 is 9.72. The summed E-state index contributed by atoms with van der Waals surface area (Å²) in [5.41, 5.74) is 1.15. The topological polar surface area (TPSA) is 79.9 Å². The summed E-state index contributed by atoms with van der Waals surface area (Å²) in [6.07, 6.45) is 1.42. The van der Waals surface area contributed by atoms with Crippen LogP contribution >= 0.6 is 0 Å². The van der Waals surface area contributed by atoms with Gasteiger partial charge in [0.15, 0.2) is 0 Å². The van der Waals surface area contributed by atoms with E-state index in [-0.39, 0.29) is 12.6 Å². The summed E-state index contributed by atoms with van der Waals surface area (Å²) in [4.78, 5) is 25.2. The molecule has 1 rings (SSSR count). The number of anilines is 2. The highest BCUT2D eigenvalue weighted by atomic mass is 16.6. The highest BCUT2D eigenvalue weighted by Crippen LogP contribution is 2.15. The molecule has 2 N–H and O–H groups in total. The fourth-order valence-corrected chi connectivity index (χ4v) is 1.76. The number of carbonyl (C=O) groups is 2. The van der Waals surface area contributed by atoms with Gasteiger partial charge in [0.1, 0.15) is 6.61 Å². The van der Waals surface area contributed by atoms with E-state index in [2.05, 4.69) is 17.6 Å². The predicted molar refractivity (Wildman–Crippen MR) is 89.8 cm³/mol. The van der Waals surface area contributed by atoms with Gasteiger partial charge in [-0.3, -0.25) is 5.32 Å². The number of amides is 3. The second-order valence-corrected chi connectivity index (χ2v) is 5.04. The van der Waals surface area contributed by atoms with E-state index < -0.39 is 6.09 Å². The zero-order valence-corrected chi connectivity index (χ0v) is 13.9. The molecule has 0 unspecified atom stereocenters. The van der Waals surface area contributed by atoms with E-state index in [0.29, 0.717) is 24.5 Å². The second-order valence-electron chi connectivity index (χ2n) is 5.04. The smallest absolute Gasteiger partial charge is 0.411 e. The summed E-state index contributed by atoms with van der Waals surface area (Å²) in [6, 6.07) is 6.70. The maximum Gasteiger partial charge on any atom is 0.411 e. The molecule has 0 atom stereocenters. The van der Waals surface area contributed by atoms with Crippen molar-refractivity contribution in [1.29, 1.82) is 0 Å². The Hall–Kier alpha value is -2.28. The fraction of sp³-hybridized carbons (Fsp3) is 0.500. The first-order valence-corrected chi connectivity index (χ1v) is 7.61. The van der Waals surface area contributed by atoms with Gasteiger partial charge >= 0.3 is 12.1 Å². The largest absolute Gasteiger partial charge is 0.447 e. The quantitative estimate of drug-likeness (QED) is 0.720. The predicted octanol–water partition coefficient (Wildman–Crippen LogP) is 3.15. The van der Waals surface area contributed by atoms with E-state index in [1.807, 2.05) is 0 Å². The van der Waals surface area contributed by atoms with Gasteiger partial charge in [-0.1, -0.05) is 19.4 Å². The lowest BCUT2D eigenvalue weighted by Crippen LogP contribution is -2.32. The number of nitrogens with zero attached hydrogens (tertiary/aromatic N) is 1. The average molecular weight is 323 g/mol. The molecule has 0 saturated heterocycles. The Morgan fingerprint density at radius 3 is 2.52 bits per heavy atom. The fourth-order valence-electron chi connectivity index (χ4n) is 1.76. The van der Waals surface area contributed by atoms with E-state index >= 15 is 0 Å². The van der Waals surface area contributed by atoms with Crippen molar-refractivity contribution in [3.63, 3.8) is 0 Å². The summed E-state index contributed by atoms with van der Waals surface area (Å²) in [6.45, 7) is 3.30. The van der Waals surface area contributed by atoms with Crippen LogP contribution in [0.1, 0.15) is 19.8 Å².